The van der Waals surface area contributed by atoms with E-state index >= 15 is 0 Å². The molecule has 3 heterocycles. The van der Waals surface area contributed by atoms with Crippen LogP contribution in [-0.4, -0.2) is 69.2 Å². The van der Waals surface area contributed by atoms with Crippen LogP contribution in [0.2, 0.25) is 0 Å². The van der Waals surface area contributed by atoms with Gasteiger partial charge in [0.05, 0.1) is 12.1 Å². The minimum absolute atomic E-state index is 0.0741. The van der Waals surface area contributed by atoms with Crippen molar-refractivity contribution in [2.45, 2.75) is 55.9 Å². The van der Waals surface area contributed by atoms with Crippen molar-refractivity contribution in [1.82, 2.24) is 26.0 Å². The molecular formula is C19H29N5O6S. The van der Waals surface area contributed by atoms with Crippen molar-refractivity contribution in [3.05, 3.63) is 12.1 Å². The molecule has 31 heavy (non-hydrogen) atoms. The van der Waals surface area contributed by atoms with E-state index in [1.807, 2.05) is 11.8 Å². The Balaban J connectivity index is 1.16. The van der Waals surface area contributed by atoms with Crippen LogP contribution in [0.25, 0.3) is 0 Å². The van der Waals surface area contributed by atoms with Crippen LogP contribution in [0.4, 0.5) is 9.59 Å². The number of aromatic nitrogens is 1. The summed E-state index contributed by atoms with van der Waals surface area (Å²) in [5.41, 5.74) is 0. The predicted octanol–water partition coefficient (Wildman–Crippen LogP) is 0.660. The van der Waals surface area contributed by atoms with E-state index in [1.165, 1.54) is 12.1 Å². The van der Waals surface area contributed by atoms with Gasteiger partial charge in [0.25, 0.3) is 0 Å². The van der Waals surface area contributed by atoms with Gasteiger partial charge in [0.2, 0.25) is 11.8 Å². The van der Waals surface area contributed by atoms with Crippen LogP contribution in [0, 0.1) is 0 Å². The highest BCUT2D eigenvalue weighted by Gasteiger charge is 2.42. The summed E-state index contributed by atoms with van der Waals surface area (Å²) in [6.07, 6.45) is 4.03. The highest BCUT2D eigenvalue weighted by molar-refractivity contribution is 8.00. The lowest BCUT2D eigenvalue weighted by molar-refractivity contribution is -0.145. The van der Waals surface area contributed by atoms with E-state index in [0.717, 1.165) is 25.0 Å². The summed E-state index contributed by atoms with van der Waals surface area (Å²) in [6, 6.07) is 2.55. The summed E-state index contributed by atoms with van der Waals surface area (Å²) < 4.78 is 0.651. The molecule has 3 atom stereocenters. The molecule has 0 aliphatic carbocycles. The van der Waals surface area contributed by atoms with E-state index in [9.17, 15) is 24.6 Å². The molecule has 0 spiro atoms. The van der Waals surface area contributed by atoms with E-state index in [-0.39, 0.29) is 42.3 Å². The number of thioether (sulfide) groups is 1. The Morgan fingerprint density at radius 3 is 2.48 bits per heavy atom. The molecule has 2 aliphatic heterocycles. The van der Waals surface area contributed by atoms with Crippen LogP contribution in [0.15, 0.2) is 12.1 Å². The van der Waals surface area contributed by atoms with Crippen LogP contribution in [-0.2, 0) is 4.79 Å². The highest BCUT2D eigenvalue weighted by Crippen LogP contribution is 2.32. The van der Waals surface area contributed by atoms with E-state index in [1.54, 1.807) is 0 Å². The van der Waals surface area contributed by atoms with E-state index in [2.05, 4.69) is 21.3 Å². The fourth-order valence-electron chi connectivity index (χ4n) is 3.62. The van der Waals surface area contributed by atoms with E-state index in [0.29, 0.717) is 35.9 Å². The third kappa shape index (κ3) is 6.61. The highest BCUT2D eigenvalue weighted by atomic mass is 32.2. The summed E-state index contributed by atoms with van der Waals surface area (Å²) in [5, 5.41) is 30.7. The summed E-state index contributed by atoms with van der Waals surface area (Å²) in [7, 11) is 0. The number of hydrogen-bond donors (Lipinski definition) is 6. The van der Waals surface area contributed by atoms with Crippen molar-refractivity contribution in [3.63, 3.8) is 0 Å². The van der Waals surface area contributed by atoms with Crippen LogP contribution in [0.5, 0.6) is 11.8 Å². The molecule has 0 saturated carbocycles. The van der Waals surface area contributed by atoms with Crippen LogP contribution in [0.3, 0.4) is 0 Å². The van der Waals surface area contributed by atoms with Gasteiger partial charge in [0.1, 0.15) is 0 Å². The summed E-state index contributed by atoms with van der Waals surface area (Å²) in [5.74, 6) is -0.370. The maximum atomic E-state index is 11.8. The van der Waals surface area contributed by atoms with Crippen LogP contribution < -0.4 is 26.1 Å². The van der Waals surface area contributed by atoms with Crippen molar-refractivity contribution in [2.24, 2.45) is 0 Å². The Morgan fingerprint density at radius 1 is 1.10 bits per heavy atom. The predicted molar refractivity (Wildman–Crippen MR) is 114 cm³/mol. The topological polar surface area (TPSA) is 154 Å². The molecule has 172 valence electrons. The standard InChI is InChI=1S/C19H29N5O6S/c25-14-7-8-15(26)24(14)30-16(27)6-2-4-10-21-18(28)20-9-3-1-5-13-17-12(11-31-13)22-19(29)23-17/h7-8,12-13,17,25-26H,1-6,9-11H2,(H2,20,21,28)(H2,22,23,29)/t12-,13?,17-/m0/s1. The molecule has 1 aromatic heterocycles. The van der Waals surface area contributed by atoms with Gasteiger partial charge < -0.3 is 36.3 Å². The smallest absolute Gasteiger partial charge is 0.333 e. The van der Waals surface area contributed by atoms with Crippen molar-refractivity contribution >= 4 is 29.8 Å². The van der Waals surface area contributed by atoms with Gasteiger partial charge in [-0.3, -0.25) is 0 Å². The first-order valence-electron chi connectivity index (χ1n) is 10.4. The summed E-state index contributed by atoms with van der Waals surface area (Å²) >= 11 is 1.88. The summed E-state index contributed by atoms with van der Waals surface area (Å²) in [6.45, 7) is 1.01. The van der Waals surface area contributed by atoms with Crippen molar-refractivity contribution in [3.8, 4) is 11.8 Å². The second-order valence-electron chi connectivity index (χ2n) is 7.56. The maximum absolute atomic E-state index is 11.8. The number of urea groups is 2. The zero-order valence-electron chi connectivity index (χ0n) is 17.1. The molecule has 3 rings (SSSR count). The maximum Gasteiger partial charge on any atom is 0.333 e. The quantitative estimate of drug-likeness (QED) is 0.212. The largest absolute Gasteiger partial charge is 0.492 e. The van der Waals surface area contributed by atoms with Gasteiger partial charge >= 0.3 is 18.0 Å². The number of carbonyl (C=O) groups excluding carboxylic acids is 3. The molecule has 0 radical (unpaired) electrons. The molecule has 1 unspecified atom stereocenters. The average Bonchev–Trinajstić information content (AvgIpc) is 3.37. The average molecular weight is 456 g/mol. The lowest BCUT2D eigenvalue weighted by Crippen LogP contribution is -2.37. The van der Waals surface area contributed by atoms with Gasteiger partial charge in [-0.15, -0.1) is 4.73 Å². The Hall–Kier alpha value is -2.76. The Kier molecular flexibility index (Phi) is 8.15. The van der Waals surface area contributed by atoms with Gasteiger partial charge in [-0.25, -0.2) is 14.4 Å². The first kappa shape index (κ1) is 22.9. The number of nitrogens with zero attached hydrogens (tertiary/aromatic N) is 1. The lowest BCUT2D eigenvalue weighted by atomic mass is 10.0. The second-order valence-corrected chi connectivity index (χ2v) is 8.84. The van der Waals surface area contributed by atoms with Crippen molar-refractivity contribution in [1.29, 1.82) is 0 Å². The number of fused-ring (bicyclic) bond motifs is 1. The third-order valence-electron chi connectivity index (χ3n) is 5.22. The van der Waals surface area contributed by atoms with E-state index < -0.39 is 5.97 Å². The molecule has 12 heteroatoms. The number of nitrogens with one attached hydrogen (secondary N) is 4. The number of hydrogen-bond acceptors (Lipinski definition) is 7. The Morgan fingerprint density at radius 2 is 1.77 bits per heavy atom. The van der Waals surface area contributed by atoms with Crippen molar-refractivity contribution in [2.75, 3.05) is 18.8 Å². The SMILES string of the molecule is O=C(NCCCCC(=O)On1c(O)ccc1O)NCCCCC1SC[C@@H]2NC(=O)N[C@H]12. The molecule has 1 aromatic rings. The van der Waals surface area contributed by atoms with Gasteiger partial charge in [0.15, 0.2) is 0 Å². The third-order valence-corrected chi connectivity index (χ3v) is 6.73. The van der Waals surface area contributed by atoms with E-state index in [4.69, 9.17) is 4.84 Å². The fourth-order valence-corrected chi connectivity index (χ4v) is 5.16. The Labute approximate surface area is 184 Å². The number of amides is 4. The normalized spacial score (nSPS) is 21.8. The minimum atomic E-state index is -0.592. The van der Waals surface area contributed by atoms with Gasteiger partial charge in [0, 0.05) is 42.6 Å². The molecule has 2 saturated heterocycles. The molecule has 2 fully saturated rings. The van der Waals surface area contributed by atoms with Crippen LogP contribution in [0.1, 0.15) is 38.5 Å². The monoisotopic (exact) mass is 455 g/mol. The fraction of sp³-hybridized carbons (Fsp3) is 0.632. The number of rotatable bonds is 11. The second kappa shape index (κ2) is 11.0. The lowest BCUT2D eigenvalue weighted by Gasteiger charge is -2.16. The zero-order valence-corrected chi connectivity index (χ0v) is 18.0. The molecule has 0 aromatic carbocycles. The number of aromatic hydroxyl groups is 2. The minimum Gasteiger partial charge on any atom is -0.492 e. The number of carbonyl (C=O) groups is 3. The molecule has 4 amide bonds. The molecule has 2 aliphatic rings. The van der Waals surface area contributed by atoms with Gasteiger partial charge in [-0.2, -0.15) is 11.8 Å². The first-order chi connectivity index (χ1) is 14.9. The molecule has 0 bridgehead atoms. The number of unbranched alkanes of at least 4 members (excludes halogenated alkanes) is 2. The molecule has 11 nitrogen and oxygen atoms in total. The summed E-state index contributed by atoms with van der Waals surface area (Å²) in [4.78, 5) is 39.7. The molecule has 6 N–H and O–H groups in total. The van der Waals surface area contributed by atoms with Gasteiger partial charge in [-0.1, -0.05) is 6.42 Å². The Bertz CT molecular complexity index is 768. The molecular weight excluding hydrogens is 426 g/mol. The van der Waals surface area contributed by atoms with Crippen LogP contribution >= 0.6 is 11.8 Å². The van der Waals surface area contributed by atoms with Gasteiger partial charge in [-0.05, 0) is 25.7 Å². The first-order valence-corrected chi connectivity index (χ1v) is 11.5. The zero-order chi connectivity index (χ0) is 22.2. The van der Waals surface area contributed by atoms with Crippen molar-refractivity contribution < 1.29 is 29.4 Å².